The molecule has 12 saturated heterocycles. The van der Waals surface area contributed by atoms with Gasteiger partial charge in [0.05, 0.1) is 24.8 Å². The van der Waals surface area contributed by atoms with Crippen molar-refractivity contribution in [3.8, 4) is 0 Å². The number of carbonyl (C=O) groups excluding carboxylic acids is 4. The molecule has 24 atom stereocenters. The van der Waals surface area contributed by atoms with Crippen LogP contribution in [0.5, 0.6) is 0 Å². The van der Waals surface area contributed by atoms with Crippen LogP contribution >= 0.6 is 0 Å². The van der Waals surface area contributed by atoms with Crippen LogP contribution in [-0.4, -0.2) is 101 Å². The first-order chi connectivity index (χ1) is 35.0. The Bertz CT molecular complexity index is 2010. The van der Waals surface area contributed by atoms with Gasteiger partial charge in [0.25, 0.3) is 0 Å². The van der Waals surface area contributed by atoms with Gasteiger partial charge in [0.2, 0.25) is 42.1 Å². The Hall–Kier alpha value is -2.60. The molecule has 1 N–H and O–H groups in total. The zero-order chi connectivity index (χ0) is 52.1. The van der Waals surface area contributed by atoms with Crippen molar-refractivity contribution in [1.29, 1.82) is 0 Å². The third-order valence-corrected chi connectivity index (χ3v) is 20.9. The molecule has 0 radical (unpaired) electrons. The standard InChI is InChI=1S/C54H79NO19/c1-26-11-14-36-29(4)42(63-45-52(36)33(26)17-20-48(8,66-45)69-72-52)60-39(57)23-51(55-32(7)56,24-40(58)61-43-30(5)37-15-12-27(2)34-18-21-49(9)67-46(64-43)53(34,37)73-70-49)25-41(59)62-44-31(6)38-16-13-28(3)35-19-22-50(10)68-47(65-44)54(35,38)74-71-50/h26-31,33-38,42-47H,11-25H2,1-10H3,(H,55,56)/t26-,27-,28-,29-,30-,31-,33+,34+,35+,36+,37+,38+,42-,43-,44-,45-,46-,47-,48?,49?,50?,51?,52-,53-,54-/m1/s1. The zero-order valence-electron chi connectivity index (χ0n) is 44.8. The number of amides is 1. The van der Waals surface area contributed by atoms with Gasteiger partial charge in [0.15, 0.2) is 35.7 Å². The highest BCUT2D eigenvalue weighted by atomic mass is 17.3. The van der Waals surface area contributed by atoms with Crippen molar-refractivity contribution in [3.05, 3.63) is 0 Å². The van der Waals surface area contributed by atoms with Crippen molar-refractivity contribution in [1.82, 2.24) is 5.32 Å². The number of esters is 3. The van der Waals surface area contributed by atoms with Gasteiger partial charge >= 0.3 is 17.9 Å². The molecule has 6 bridgehead atoms. The molecule has 414 valence electrons. The fourth-order valence-electron chi connectivity index (χ4n) is 17.1. The van der Waals surface area contributed by atoms with E-state index in [9.17, 15) is 19.2 Å². The summed E-state index contributed by atoms with van der Waals surface area (Å²) >= 11 is 0. The molecule has 0 aromatic heterocycles. The van der Waals surface area contributed by atoms with E-state index in [2.05, 4.69) is 26.1 Å². The third kappa shape index (κ3) is 8.08. The van der Waals surface area contributed by atoms with Gasteiger partial charge in [-0.25, -0.2) is 29.3 Å². The van der Waals surface area contributed by atoms with Crippen LogP contribution in [-0.2, 0) is 91.1 Å². The Morgan fingerprint density at radius 2 is 0.743 bits per heavy atom. The van der Waals surface area contributed by atoms with E-state index in [0.29, 0.717) is 37.0 Å². The van der Waals surface area contributed by atoms with Gasteiger partial charge in [0.1, 0.15) is 0 Å². The lowest BCUT2D eigenvalue weighted by atomic mass is 9.58. The second kappa shape index (κ2) is 18.2. The fraction of sp³-hybridized carbons (Fsp3) is 0.926. The Kier molecular flexibility index (Phi) is 12.8. The predicted octanol–water partition coefficient (Wildman–Crippen LogP) is 7.29. The normalized spacial score (nSPS) is 53.3. The van der Waals surface area contributed by atoms with Crippen LogP contribution in [0, 0.1) is 71.0 Å². The summed E-state index contributed by atoms with van der Waals surface area (Å²) in [6.07, 6.45) is 1.32. The van der Waals surface area contributed by atoms with Crippen molar-refractivity contribution in [2.24, 2.45) is 71.0 Å². The third-order valence-electron chi connectivity index (χ3n) is 20.9. The Morgan fingerprint density at radius 1 is 0.446 bits per heavy atom. The number of nitrogens with one attached hydrogen (secondary N) is 1. The van der Waals surface area contributed by atoms with Gasteiger partial charge in [0, 0.05) is 61.7 Å². The number of hydrogen-bond acceptors (Lipinski definition) is 19. The lowest BCUT2D eigenvalue weighted by Crippen LogP contribution is -2.70. The molecular weight excluding hydrogens is 967 g/mol. The molecule has 15 rings (SSSR count). The van der Waals surface area contributed by atoms with E-state index in [1.807, 2.05) is 41.5 Å². The molecule has 20 nitrogen and oxygen atoms in total. The second-order valence-corrected chi connectivity index (χ2v) is 25.8. The SMILES string of the molecule is CC(=O)NC(CC(=O)O[C@@H]1O[C@@H]2OC3(C)CC[C@H]4[C@H](C)CC[C@@H]([C@H]1C)[C@@]24OO3)(CC(=O)O[C@@H]1O[C@@H]2OC3(C)CC[C@H]4[C@H](C)CC[C@@H]([C@H]1C)[C@@]24OO3)CC(=O)O[C@@H]1O[C@@H]2OC3(C)CC[C@H]4[C@H](C)CC[C@@H]([C@H]1C)[C@@]24OO3. The monoisotopic (exact) mass is 1050 g/mol. The molecule has 3 aliphatic carbocycles. The average molecular weight is 1050 g/mol. The molecule has 3 unspecified atom stereocenters. The van der Waals surface area contributed by atoms with Crippen LogP contribution in [0.1, 0.15) is 166 Å². The van der Waals surface area contributed by atoms with Gasteiger partial charge in [-0.3, -0.25) is 19.2 Å². The average Bonchev–Trinajstić information content (AvgIpc) is 3.85. The summed E-state index contributed by atoms with van der Waals surface area (Å²) < 4.78 is 58.3. The predicted molar refractivity (Wildman–Crippen MR) is 249 cm³/mol. The minimum Gasteiger partial charge on any atom is -0.435 e. The highest BCUT2D eigenvalue weighted by Gasteiger charge is 2.73. The van der Waals surface area contributed by atoms with E-state index in [1.54, 1.807) is 0 Å². The summed E-state index contributed by atoms with van der Waals surface area (Å²) in [7, 11) is 0. The highest BCUT2D eigenvalue weighted by Crippen LogP contribution is 2.64. The first-order valence-corrected chi connectivity index (χ1v) is 28.0. The zero-order valence-corrected chi connectivity index (χ0v) is 44.8. The number of hydrogen-bond donors (Lipinski definition) is 1. The van der Waals surface area contributed by atoms with Crippen LogP contribution < -0.4 is 5.32 Å². The summed E-state index contributed by atoms with van der Waals surface area (Å²) in [5, 5.41) is 2.84. The highest BCUT2D eigenvalue weighted by molar-refractivity contribution is 5.83. The molecular formula is C54H79NO19. The Labute approximate surface area is 433 Å². The van der Waals surface area contributed by atoms with Crippen molar-refractivity contribution >= 4 is 23.8 Å². The van der Waals surface area contributed by atoms with Crippen LogP contribution in [0.4, 0.5) is 0 Å². The number of fused-ring (bicyclic) bond motifs is 6. The molecule has 20 heteroatoms. The van der Waals surface area contributed by atoms with Gasteiger partial charge in [-0.1, -0.05) is 41.5 Å². The first kappa shape index (κ1) is 52.1. The molecule has 0 aromatic carbocycles. The maximum atomic E-state index is 14.8. The largest absolute Gasteiger partial charge is 0.435 e. The molecule has 15 aliphatic rings. The van der Waals surface area contributed by atoms with E-state index in [4.69, 9.17) is 72.0 Å². The summed E-state index contributed by atoms with van der Waals surface area (Å²) in [4.78, 5) is 94.7. The van der Waals surface area contributed by atoms with E-state index in [0.717, 1.165) is 57.8 Å². The van der Waals surface area contributed by atoms with Gasteiger partial charge in [-0.2, -0.15) is 0 Å². The quantitative estimate of drug-likeness (QED) is 0.129. The molecule has 12 aliphatic heterocycles. The summed E-state index contributed by atoms with van der Waals surface area (Å²) in [5.41, 5.74) is -4.68. The topological polar surface area (TPSA) is 219 Å². The van der Waals surface area contributed by atoms with E-state index in [1.165, 1.54) is 6.92 Å². The molecule has 1 amide bonds. The smallest absolute Gasteiger partial charge is 0.310 e. The lowest BCUT2D eigenvalue weighted by molar-refractivity contribution is -0.576. The summed E-state index contributed by atoms with van der Waals surface area (Å²) in [5.74, 6) is -6.78. The minimum atomic E-state index is -1.94. The maximum Gasteiger partial charge on any atom is 0.310 e. The van der Waals surface area contributed by atoms with Crippen molar-refractivity contribution in [3.63, 3.8) is 0 Å². The van der Waals surface area contributed by atoms with Crippen molar-refractivity contribution in [2.75, 3.05) is 0 Å². The Morgan fingerprint density at radius 3 is 1.03 bits per heavy atom. The number of rotatable bonds is 10. The van der Waals surface area contributed by atoms with Crippen LogP contribution in [0.2, 0.25) is 0 Å². The molecule has 0 aromatic rings. The van der Waals surface area contributed by atoms with Crippen molar-refractivity contribution in [2.45, 2.75) is 243 Å². The fourth-order valence-corrected chi connectivity index (χ4v) is 17.1. The van der Waals surface area contributed by atoms with Crippen molar-refractivity contribution < 1.29 is 91.1 Å². The lowest BCUT2D eigenvalue weighted by Gasteiger charge is -2.60. The molecule has 74 heavy (non-hydrogen) atoms. The van der Waals surface area contributed by atoms with E-state index < -0.39 is 121 Å². The Balaban J connectivity index is 0.819. The van der Waals surface area contributed by atoms with Crippen LogP contribution in [0.3, 0.4) is 0 Å². The molecule has 3 saturated carbocycles. The second-order valence-electron chi connectivity index (χ2n) is 25.8. The van der Waals surface area contributed by atoms with E-state index >= 15 is 0 Å². The maximum absolute atomic E-state index is 14.8. The van der Waals surface area contributed by atoms with Crippen LogP contribution in [0.15, 0.2) is 0 Å². The summed E-state index contributed by atoms with van der Waals surface area (Å²) in [6, 6.07) is 0. The van der Waals surface area contributed by atoms with Gasteiger partial charge in [-0.15, -0.1) is 0 Å². The summed E-state index contributed by atoms with van der Waals surface area (Å²) in [6.45, 7) is 19.2. The number of carbonyl (C=O) groups is 4. The minimum absolute atomic E-state index is 0.0783. The van der Waals surface area contributed by atoms with Gasteiger partial charge in [-0.05, 0) is 114 Å². The van der Waals surface area contributed by atoms with E-state index in [-0.39, 0.29) is 53.3 Å². The molecule has 3 spiro atoms. The first-order valence-electron chi connectivity index (χ1n) is 28.0. The molecule has 12 heterocycles. The molecule has 15 fully saturated rings. The van der Waals surface area contributed by atoms with Crippen LogP contribution in [0.25, 0.3) is 0 Å². The number of ether oxygens (including phenoxy) is 9. The van der Waals surface area contributed by atoms with Gasteiger partial charge < -0.3 is 47.9 Å².